The summed E-state index contributed by atoms with van der Waals surface area (Å²) in [5.74, 6) is 1.28. The van der Waals surface area contributed by atoms with Crippen LogP contribution in [-0.2, 0) is 15.6 Å². The number of anilines is 4. The Morgan fingerprint density at radius 3 is 2.48 bits per heavy atom. The van der Waals surface area contributed by atoms with Gasteiger partial charge in [0.15, 0.2) is 9.84 Å². The van der Waals surface area contributed by atoms with Gasteiger partial charge in [-0.25, -0.2) is 18.4 Å². The van der Waals surface area contributed by atoms with Crippen LogP contribution in [0, 0.1) is 20.8 Å². The molecule has 1 aromatic carbocycles. The van der Waals surface area contributed by atoms with E-state index in [1.807, 2.05) is 39.0 Å². The van der Waals surface area contributed by atoms with Gasteiger partial charge in [-0.2, -0.15) is 4.98 Å². The number of hydrogen-bond acceptors (Lipinski definition) is 8. The topological polar surface area (TPSA) is 106 Å². The van der Waals surface area contributed by atoms with Crippen LogP contribution >= 0.6 is 0 Å². The van der Waals surface area contributed by atoms with Crippen molar-refractivity contribution in [2.45, 2.75) is 26.5 Å². The van der Waals surface area contributed by atoms with Crippen molar-refractivity contribution in [3.63, 3.8) is 0 Å². The molecule has 0 fully saturated rings. The zero-order valence-corrected chi connectivity index (χ0v) is 18.7. The molecule has 0 aliphatic heterocycles. The number of nitrogens with zero attached hydrogens (tertiary/aromatic N) is 3. The molecule has 0 saturated carbocycles. The number of ether oxygens (including phenoxy) is 1. The molecular weight excluding hydrogens is 414 g/mol. The smallest absolute Gasteiger partial charge is 0.229 e. The summed E-state index contributed by atoms with van der Waals surface area (Å²) >= 11 is 0. The molecule has 3 aromatic rings. The quantitative estimate of drug-likeness (QED) is 0.534. The molecule has 0 aliphatic rings. The van der Waals surface area contributed by atoms with E-state index < -0.39 is 9.84 Å². The summed E-state index contributed by atoms with van der Waals surface area (Å²) < 4.78 is 29.4. The Hall–Kier alpha value is -3.46. The fourth-order valence-corrected chi connectivity index (χ4v) is 3.66. The van der Waals surface area contributed by atoms with Crippen molar-refractivity contribution in [2.24, 2.45) is 0 Å². The molecule has 162 valence electrons. The van der Waals surface area contributed by atoms with Gasteiger partial charge in [-0.15, -0.1) is 0 Å². The van der Waals surface area contributed by atoms with E-state index in [0.29, 0.717) is 28.9 Å². The van der Waals surface area contributed by atoms with E-state index in [4.69, 9.17) is 4.74 Å². The predicted molar refractivity (Wildman–Crippen MR) is 123 cm³/mol. The second-order valence-corrected chi connectivity index (χ2v) is 9.10. The first kappa shape index (κ1) is 22.2. The van der Waals surface area contributed by atoms with E-state index >= 15 is 0 Å². The summed E-state index contributed by atoms with van der Waals surface area (Å²) in [6, 6.07) is 7.36. The molecule has 31 heavy (non-hydrogen) atoms. The maximum Gasteiger partial charge on any atom is 0.229 e. The van der Waals surface area contributed by atoms with Crippen LogP contribution in [0.1, 0.15) is 22.3 Å². The molecule has 2 aromatic heterocycles. The molecule has 8 nitrogen and oxygen atoms in total. The largest absolute Gasteiger partial charge is 0.481 e. The number of aryl methyl sites for hydroxylation is 3. The first-order valence-corrected chi connectivity index (χ1v) is 11.3. The third-order valence-corrected chi connectivity index (χ3v) is 5.85. The Bertz CT molecular complexity index is 1230. The van der Waals surface area contributed by atoms with Gasteiger partial charge < -0.3 is 15.4 Å². The van der Waals surface area contributed by atoms with Crippen LogP contribution in [0.5, 0.6) is 5.88 Å². The van der Waals surface area contributed by atoms with E-state index in [-0.39, 0.29) is 5.75 Å². The molecule has 0 radical (unpaired) electrons. The molecule has 3 rings (SSSR count). The van der Waals surface area contributed by atoms with Gasteiger partial charge in [0.05, 0.1) is 18.6 Å². The minimum absolute atomic E-state index is 0.147. The fraction of sp³-hybridized carbons (Fsp3) is 0.227. The lowest BCUT2D eigenvalue weighted by atomic mass is 10.1. The molecule has 0 atom stereocenters. The SMILES string of the molecule is C=CS(=O)(=O)Cc1cc(C)ccc1Nc1nc(Nc2cc(OC)ncc2C)ncc1C. The van der Waals surface area contributed by atoms with Crippen molar-refractivity contribution in [2.75, 3.05) is 17.7 Å². The fourth-order valence-electron chi connectivity index (χ4n) is 2.87. The Morgan fingerprint density at radius 2 is 1.77 bits per heavy atom. The highest BCUT2D eigenvalue weighted by atomic mass is 32.2. The van der Waals surface area contributed by atoms with Crippen LogP contribution in [0.4, 0.5) is 23.1 Å². The third kappa shape index (κ3) is 5.58. The van der Waals surface area contributed by atoms with Crippen LogP contribution in [0.25, 0.3) is 0 Å². The van der Waals surface area contributed by atoms with Gasteiger partial charge >= 0.3 is 0 Å². The van der Waals surface area contributed by atoms with Crippen molar-refractivity contribution in [3.05, 3.63) is 70.9 Å². The molecule has 0 amide bonds. The number of sulfone groups is 1. The van der Waals surface area contributed by atoms with Crippen LogP contribution in [0.15, 0.2) is 48.6 Å². The number of hydrogen-bond donors (Lipinski definition) is 2. The summed E-state index contributed by atoms with van der Waals surface area (Å²) in [5, 5.41) is 7.41. The lowest BCUT2D eigenvalue weighted by Gasteiger charge is -2.15. The standard InChI is InChI=1S/C22H25N5O3S/c1-6-31(28,29)13-17-9-14(2)7-8-18(17)25-21-16(4)12-24-22(27-21)26-19-10-20(30-5)23-11-15(19)3/h6-12H,1,13H2,2-5H3,(H2,23,24,25,26,27). The van der Waals surface area contributed by atoms with Crippen LogP contribution < -0.4 is 15.4 Å². The van der Waals surface area contributed by atoms with Gasteiger partial charge in [-0.1, -0.05) is 24.3 Å². The predicted octanol–water partition coefficient (Wildman–Crippen LogP) is 4.35. The number of benzene rings is 1. The Kier molecular flexibility index (Phi) is 6.55. The molecular formula is C22H25N5O3S. The van der Waals surface area contributed by atoms with Crippen LogP contribution in [0.2, 0.25) is 0 Å². The van der Waals surface area contributed by atoms with Crippen molar-refractivity contribution in [1.29, 1.82) is 0 Å². The molecule has 0 spiro atoms. The first-order chi connectivity index (χ1) is 14.7. The van der Waals surface area contributed by atoms with E-state index in [1.165, 1.54) is 0 Å². The van der Waals surface area contributed by atoms with Crippen molar-refractivity contribution in [3.8, 4) is 5.88 Å². The Morgan fingerprint density at radius 1 is 1.03 bits per heavy atom. The number of nitrogens with one attached hydrogen (secondary N) is 2. The van der Waals surface area contributed by atoms with E-state index in [2.05, 4.69) is 32.2 Å². The Balaban J connectivity index is 1.93. The number of pyridine rings is 1. The number of aromatic nitrogens is 3. The molecule has 9 heteroatoms. The van der Waals surface area contributed by atoms with E-state index in [0.717, 1.165) is 27.8 Å². The van der Waals surface area contributed by atoms with Gasteiger partial charge in [-0.05, 0) is 38.0 Å². The highest BCUT2D eigenvalue weighted by molar-refractivity contribution is 7.93. The van der Waals surface area contributed by atoms with Gasteiger partial charge in [0.25, 0.3) is 0 Å². The average molecular weight is 440 g/mol. The van der Waals surface area contributed by atoms with Crippen molar-refractivity contribution >= 4 is 33.0 Å². The summed E-state index contributed by atoms with van der Waals surface area (Å²) in [7, 11) is -1.86. The van der Waals surface area contributed by atoms with Crippen molar-refractivity contribution in [1.82, 2.24) is 15.0 Å². The minimum atomic E-state index is -3.41. The number of rotatable bonds is 8. The monoisotopic (exact) mass is 439 g/mol. The molecule has 0 bridgehead atoms. The lowest BCUT2D eigenvalue weighted by Crippen LogP contribution is -2.07. The average Bonchev–Trinajstić information content (AvgIpc) is 2.73. The molecule has 2 heterocycles. The van der Waals surface area contributed by atoms with Gasteiger partial charge in [-0.3, -0.25) is 0 Å². The first-order valence-electron chi connectivity index (χ1n) is 9.54. The van der Waals surface area contributed by atoms with Crippen LogP contribution in [-0.4, -0.2) is 30.5 Å². The zero-order valence-electron chi connectivity index (χ0n) is 17.9. The van der Waals surface area contributed by atoms with E-state index in [1.54, 1.807) is 25.6 Å². The molecule has 2 N–H and O–H groups in total. The summed E-state index contributed by atoms with van der Waals surface area (Å²) in [4.78, 5) is 13.1. The van der Waals surface area contributed by atoms with Crippen LogP contribution in [0.3, 0.4) is 0 Å². The highest BCUT2D eigenvalue weighted by Gasteiger charge is 2.14. The second-order valence-electron chi connectivity index (χ2n) is 7.15. The van der Waals surface area contributed by atoms with Crippen molar-refractivity contribution < 1.29 is 13.2 Å². The lowest BCUT2D eigenvalue weighted by molar-refractivity contribution is 0.398. The third-order valence-electron chi connectivity index (χ3n) is 4.63. The van der Waals surface area contributed by atoms with Gasteiger partial charge in [0, 0.05) is 35.1 Å². The molecule has 0 saturated heterocycles. The second kappa shape index (κ2) is 9.13. The summed E-state index contributed by atoms with van der Waals surface area (Å²) in [6.45, 7) is 9.11. The highest BCUT2D eigenvalue weighted by Crippen LogP contribution is 2.27. The maximum absolute atomic E-state index is 12.1. The summed E-state index contributed by atoms with van der Waals surface area (Å²) in [6.07, 6.45) is 3.40. The maximum atomic E-state index is 12.1. The molecule has 0 unspecified atom stereocenters. The zero-order chi connectivity index (χ0) is 22.6. The normalized spacial score (nSPS) is 11.1. The number of methoxy groups -OCH3 is 1. The van der Waals surface area contributed by atoms with E-state index in [9.17, 15) is 8.42 Å². The van der Waals surface area contributed by atoms with Gasteiger partial charge in [0.1, 0.15) is 5.82 Å². The molecule has 0 aliphatic carbocycles. The summed E-state index contributed by atoms with van der Waals surface area (Å²) in [5.41, 5.74) is 4.76. The minimum Gasteiger partial charge on any atom is -0.481 e. The van der Waals surface area contributed by atoms with Gasteiger partial charge in [0.2, 0.25) is 11.8 Å². The Labute approximate surface area is 182 Å².